The summed E-state index contributed by atoms with van der Waals surface area (Å²) in [6.45, 7) is 9.33. The van der Waals surface area contributed by atoms with Gasteiger partial charge in [0.2, 0.25) is 0 Å². The fraction of sp³-hybridized carbons (Fsp3) is 0.188. The molecule has 0 spiro atoms. The molecule has 0 aliphatic heterocycles. The number of hydrogen-bond donors (Lipinski definition) is 0. The Morgan fingerprint density at radius 3 is 0.853 bits per heavy atom. The first kappa shape index (κ1) is 26.4. The molecule has 0 N–H and O–H groups in total. The molecule has 0 nitrogen and oxygen atoms in total. The first-order valence-corrected chi connectivity index (χ1v) is 11.5. The largest absolute Gasteiger partial charge is 1.00 e. The molecule has 0 saturated carbocycles. The van der Waals surface area contributed by atoms with Crippen LogP contribution in [0.3, 0.4) is 0 Å². The summed E-state index contributed by atoms with van der Waals surface area (Å²) in [7, 11) is 0. The van der Waals surface area contributed by atoms with Crippen molar-refractivity contribution in [1.82, 2.24) is 0 Å². The van der Waals surface area contributed by atoms with E-state index in [2.05, 4.69) is 137 Å². The topological polar surface area (TPSA) is 0 Å². The van der Waals surface area contributed by atoms with Gasteiger partial charge in [0, 0.05) is 10.8 Å². The van der Waals surface area contributed by atoms with Crippen molar-refractivity contribution in [3.63, 3.8) is 0 Å². The molecule has 0 radical (unpaired) electrons. The summed E-state index contributed by atoms with van der Waals surface area (Å²) in [5, 5.41) is 5.25. The Labute approximate surface area is 228 Å². The van der Waals surface area contributed by atoms with Crippen molar-refractivity contribution in [2.75, 3.05) is 0 Å². The molecule has 5 aromatic carbocycles. The molecular formula is C32H34AlLi. The van der Waals surface area contributed by atoms with Crippen LogP contribution in [0.15, 0.2) is 109 Å². The van der Waals surface area contributed by atoms with Crippen LogP contribution in [0.1, 0.15) is 51.4 Å². The van der Waals surface area contributed by atoms with E-state index in [9.17, 15) is 0 Å². The molecule has 1 aliphatic carbocycles. The monoisotopic (exact) mass is 452 g/mol. The van der Waals surface area contributed by atoms with Gasteiger partial charge in [-0.2, -0.15) is 0 Å². The second kappa shape index (κ2) is 10.2. The minimum atomic E-state index is 0. The maximum absolute atomic E-state index is 2.33. The Kier molecular flexibility index (Phi) is 7.88. The van der Waals surface area contributed by atoms with Gasteiger partial charge in [-0.1, -0.05) is 125 Å². The van der Waals surface area contributed by atoms with Crippen LogP contribution in [0, 0.1) is 0 Å². The molecule has 5 aromatic rings. The summed E-state index contributed by atoms with van der Waals surface area (Å²) >= 11 is 0. The summed E-state index contributed by atoms with van der Waals surface area (Å²) in [4.78, 5) is 0. The average molecular weight is 453 g/mol. The van der Waals surface area contributed by atoms with Crippen molar-refractivity contribution >= 4 is 38.9 Å². The zero-order valence-corrected chi connectivity index (χ0v) is 20.4. The molecule has 0 fully saturated rings. The molecule has 1 aliphatic rings. The van der Waals surface area contributed by atoms with Crippen molar-refractivity contribution < 1.29 is 20.3 Å². The molecular weight excluding hydrogens is 418 g/mol. The van der Waals surface area contributed by atoms with E-state index in [-0.39, 0.29) is 48.5 Å². The predicted octanol–water partition coefficient (Wildman–Crippen LogP) is 4.58. The van der Waals surface area contributed by atoms with Gasteiger partial charge < -0.3 is 1.43 Å². The Balaban J connectivity index is 0.000000233. The number of fused-ring (bicyclic) bond motifs is 4. The van der Waals surface area contributed by atoms with E-state index in [1.54, 1.807) is 0 Å². The summed E-state index contributed by atoms with van der Waals surface area (Å²) in [5.41, 5.74) is 6.07. The number of hydrogen-bond acceptors (Lipinski definition) is 0. The fourth-order valence-electron chi connectivity index (χ4n) is 5.32. The van der Waals surface area contributed by atoms with Gasteiger partial charge in [-0.05, 0) is 55.9 Å². The van der Waals surface area contributed by atoms with Crippen molar-refractivity contribution in [2.45, 2.75) is 38.5 Å². The Morgan fingerprint density at radius 1 is 0.412 bits per heavy atom. The van der Waals surface area contributed by atoms with Crippen LogP contribution >= 0.6 is 0 Å². The Bertz CT molecular complexity index is 1230. The molecule has 34 heavy (non-hydrogen) atoms. The first-order valence-electron chi connectivity index (χ1n) is 11.5. The van der Waals surface area contributed by atoms with Crippen molar-refractivity contribution in [3.05, 3.63) is 131 Å². The maximum Gasteiger partial charge on any atom is 1.00 e. The fourth-order valence-corrected chi connectivity index (χ4v) is 5.32. The smallest absolute Gasteiger partial charge is 1.00 e. The van der Waals surface area contributed by atoms with Crippen LogP contribution in [-0.4, -0.2) is 17.4 Å². The average Bonchev–Trinajstić information content (AvgIpc) is 2.82. The second-order valence-electron chi connectivity index (χ2n) is 9.89. The van der Waals surface area contributed by atoms with Crippen LogP contribution in [0.2, 0.25) is 0 Å². The third kappa shape index (κ3) is 4.52. The summed E-state index contributed by atoms with van der Waals surface area (Å²) in [6, 6.07) is 39.2. The van der Waals surface area contributed by atoms with Crippen LogP contribution in [0.5, 0.6) is 0 Å². The summed E-state index contributed by atoms with van der Waals surface area (Å²) < 4.78 is 0. The third-order valence-electron chi connectivity index (χ3n) is 7.16. The van der Waals surface area contributed by atoms with E-state index in [1.807, 2.05) is 0 Å². The van der Waals surface area contributed by atoms with E-state index >= 15 is 0 Å². The normalized spacial score (nSPS) is 14.5. The van der Waals surface area contributed by atoms with Crippen LogP contribution < -0.4 is 18.9 Å². The molecule has 166 valence electrons. The van der Waals surface area contributed by atoms with E-state index in [1.165, 1.54) is 43.8 Å². The van der Waals surface area contributed by atoms with Gasteiger partial charge >= 0.3 is 18.9 Å². The van der Waals surface area contributed by atoms with Crippen molar-refractivity contribution in [2.24, 2.45) is 0 Å². The third-order valence-corrected chi connectivity index (χ3v) is 7.16. The summed E-state index contributed by atoms with van der Waals surface area (Å²) in [5.74, 6) is 0. The molecule has 0 bridgehead atoms. The molecule has 6 rings (SSSR count). The first-order chi connectivity index (χ1) is 15.4. The maximum atomic E-state index is 2.33. The van der Waals surface area contributed by atoms with Gasteiger partial charge in [0.25, 0.3) is 0 Å². The molecule has 0 aromatic heterocycles. The van der Waals surface area contributed by atoms with Gasteiger partial charge in [-0.15, -0.1) is 0 Å². The van der Waals surface area contributed by atoms with Crippen LogP contribution in [0.25, 0.3) is 21.5 Å². The van der Waals surface area contributed by atoms with E-state index in [4.69, 9.17) is 0 Å². The molecule has 2 heteroatoms. The minimum Gasteiger partial charge on any atom is -1.00 e. The quantitative estimate of drug-likeness (QED) is 0.238. The molecule has 0 atom stereocenters. The Hall–Kier alpha value is -2.25. The molecule has 0 heterocycles. The van der Waals surface area contributed by atoms with Gasteiger partial charge in [0.1, 0.15) is 0 Å². The van der Waals surface area contributed by atoms with E-state index in [0.29, 0.717) is 0 Å². The van der Waals surface area contributed by atoms with Gasteiger partial charge in [-0.3, -0.25) is 0 Å². The van der Waals surface area contributed by atoms with Crippen LogP contribution in [-0.2, 0) is 10.8 Å². The second-order valence-corrected chi connectivity index (χ2v) is 9.89. The van der Waals surface area contributed by atoms with E-state index < -0.39 is 0 Å². The molecule has 0 unspecified atom stereocenters. The predicted molar refractivity (Wildman–Crippen MR) is 150 cm³/mol. The Morgan fingerprint density at radius 2 is 0.618 bits per heavy atom. The van der Waals surface area contributed by atoms with Crippen LogP contribution in [0.4, 0.5) is 0 Å². The minimum absolute atomic E-state index is 0. The van der Waals surface area contributed by atoms with Gasteiger partial charge in [-0.25, -0.2) is 0 Å². The SMILES string of the molecule is CC1(C)c2ccccc2C(C)(C)c2ccccc21.[AlH3].[H-].[Li+].c1ccc2cc3ccccc3cc2c1. The number of benzene rings is 5. The van der Waals surface area contributed by atoms with Crippen molar-refractivity contribution in [3.8, 4) is 0 Å². The van der Waals surface area contributed by atoms with Crippen molar-refractivity contribution in [1.29, 1.82) is 0 Å². The van der Waals surface area contributed by atoms with Gasteiger partial charge in [0.05, 0.1) is 0 Å². The zero-order valence-electron chi connectivity index (χ0n) is 21.4. The standard InChI is InChI=1S/C18H20.C14H10.Al.Li.4H/c1-17(2)13-9-5-7-11-15(13)18(3,4)16-12-8-6-10-14(16)17;1-2-6-12-10-14-8-4-3-7-13(14)9-11(12)5-1;;;;;;/h5-12H,1-4H3;1-10H;;;;;;/q;;;+1;;;;-1. The summed E-state index contributed by atoms with van der Waals surface area (Å²) in [6.07, 6.45) is 0. The van der Waals surface area contributed by atoms with E-state index in [0.717, 1.165) is 0 Å². The van der Waals surface area contributed by atoms with Gasteiger partial charge in [0.15, 0.2) is 17.4 Å². The molecule has 0 saturated heterocycles. The molecule has 0 amide bonds. The number of rotatable bonds is 0. The zero-order chi connectivity index (χ0) is 22.3.